The molecule has 1 aromatic rings. The van der Waals surface area contributed by atoms with E-state index in [1.54, 1.807) is 6.07 Å². The molecule has 0 aromatic heterocycles. The van der Waals surface area contributed by atoms with Gasteiger partial charge in [-0.1, -0.05) is 11.6 Å². The molecule has 0 heterocycles. The van der Waals surface area contributed by atoms with Crippen molar-refractivity contribution in [2.75, 3.05) is 13.2 Å². The largest absolute Gasteiger partial charge is 0.490 e. The van der Waals surface area contributed by atoms with E-state index in [-0.39, 0.29) is 12.1 Å². The highest BCUT2D eigenvalue weighted by Crippen LogP contribution is 2.36. The Labute approximate surface area is 130 Å². The number of ether oxygens (including phenoxy) is 2. The van der Waals surface area contributed by atoms with Gasteiger partial charge in [0.1, 0.15) is 0 Å². The van der Waals surface area contributed by atoms with Crippen molar-refractivity contribution >= 4 is 17.5 Å². The van der Waals surface area contributed by atoms with E-state index in [2.05, 4.69) is 26.1 Å². The summed E-state index contributed by atoms with van der Waals surface area (Å²) < 4.78 is 10.9. The average Bonchev–Trinajstić information content (AvgIpc) is 2.34. The van der Waals surface area contributed by atoms with Gasteiger partial charge < -0.3 is 20.5 Å². The van der Waals surface area contributed by atoms with Crippen LogP contribution in [-0.4, -0.2) is 24.7 Å². The lowest BCUT2D eigenvalue weighted by Crippen LogP contribution is -2.35. The van der Waals surface area contributed by atoms with Gasteiger partial charge in [0.15, 0.2) is 18.1 Å². The maximum Gasteiger partial charge on any atom is 0.255 e. The highest BCUT2D eigenvalue weighted by Gasteiger charge is 2.15. The summed E-state index contributed by atoms with van der Waals surface area (Å²) in [6.07, 6.45) is 0. The van der Waals surface area contributed by atoms with Gasteiger partial charge in [0.25, 0.3) is 5.91 Å². The van der Waals surface area contributed by atoms with Crippen LogP contribution in [0.15, 0.2) is 12.1 Å². The van der Waals surface area contributed by atoms with Crippen molar-refractivity contribution in [1.82, 2.24) is 5.32 Å². The minimum absolute atomic E-state index is 0.000602. The molecule has 0 saturated heterocycles. The van der Waals surface area contributed by atoms with Crippen LogP contribution in [0.2, 0.25) is 5.02 Å². The van der Waals surface area contributed by atoms with Crippen molar-refractivity contribution in [3.05, 3.63) is 22.7 Å². The number of hydrogen-bond acceptors (Lipinski definition) is 4. The van der Waals surface area contributed by atoms with Crippen molar-refractivity contribution in [2.24, 2.45) is 5.73 Å². The molecule has 5 nitrogen and oxygen atoms in total. The normalized spacial score (nSPS) is 11.3. The van der Waals surface area contributed by atoms with Crippen LogP contribution in [0.25, 0.3) is 0 Å². The standard InChI is InChI=1S/C15H23ClN2O3/c1-5-20-12-7-10(8-18-15(2,3)4)6-11(16)14(12)21-9-13(17)19/h6-7,18H,5,8-9H2,1-4H3,(H2,17,19). The Bertz CT molecular complexity index is 498. The lowest BCUT2D eigenvalue weighted by molar-refractivity contribution is -0.119. The summed E-state index contributed by atoms with van der Waals surface area (Å²) in [5.74, 6) is 0.292. The molecule has 1 rings (SSSR count). The van der Waals surface area contributed by atoms with E-state index in [9.17, 15) is 4.79 Å². The third kappa shape index (κ3) is 6.23. The van der Waals surface area contributed by atoms with Gasteiger partial charge in [-0.15, -0.1) is 0 Å². The minimum atomic E-state index is -0.563. The van der Waals surface area contributed by atoms with Crippen LogP contribution in [0.1, 0.15) is 33.3 Å². The number of halogens is 1. The minimum Gasteiger partial charge on any atom is -0.490 e. The predicted molar refractivity (Wildman–Crippen MR) is 83.9 cm³/mol. The second kappa shape index (κ2) is 7.52. The molecule has 0 unspecified atom stereocenters. The fraction of sp³-hybridized carbons (Fsp3) is 0.533. The van der Waals surface area contributed by atoms with Crippen molar-refractivity contribution in [3.63, 3.8) is 0 Å². The molecule has 21 heavy (non-hydrogen) atoms. The van der Waals surface area contributed by atoms with E-state index in [1.807, 2.05) is 13.0 Å². The molecule has 0 aliphatic carbocycles. The Hall–Kier alpha value is -1.46. The van der Waals surface area contributed by atoms with Crippen LogP contribution >= 0.6 is 11.6 Å². The lowest BCUT2D eigenvalue weighted by atomic mass is 10.1. The zero-order valence-corrected chi connectivity index (χ0v) is 13.7. The van der Waals surface area contributed by atoms with E-state index in [0.29, 0.717) is 29.7 Å². The quantitative estimate of drug-likeness (QED) is 0.811. The van der Waals surface area contributed by atoms with Gasteiger partial charge >= 0.3 is 0 Å². The summed E-state index contributed by atoms with van der Waals surface area (Å²) in [6.45, 7) is 9.01. The number of benzene rings is 1. The first-order valence-corrected chi connectivity index (χ1v) is 7.22. The molecule has 1 aromatic carbocycles. The number of hydrogen-bond donors (Lipinski definition) is 2. The summed E-state index contributed by atoms with van der Waals surface area (Å²) in [4.78, 5) is 10.8. The van der Waals surface area contributed by atoms with Crippen molar-refractivity contribution in [3.8, 4) is 11.5 Å². The first-order chi connectivity index (χ1) is 9.73. The fourth-order valence-corrected chi connectivity index (χ4v) is 1.92. The number of rotatable bonds is 7. The summed E-state index contributed by atoms with van der Waals surface area (Å²) in [7, 11) is 0. The Balaban J connectivity index is 2.97. The number of nitrogens with one attached hydrogen (secondary N) is 1. The second-order valence-corrected chi connectivity index (χ2v) is 6.10. The summed E-state index contributed by atoms with van der Waals surface area (Å²) in [5.41, 5.74) is 6.06. The molecule has 0 saturated carbocycles. The molecule has 0 spiro atoms. The van der Waals surface area contributed by atoms with Gasteiger partial charge in [-0.3, -0.25) is 4.79 Å². The molecule has 0 aliphatic heterocycles. The Morgan fingerprint density at radius 1 is 1.33 bits per heavy atom. The molecule has 6 heteroatoms. The van der Waals surface area contributed by atoms with Crippen molar-refractivity contribution in [1.29, 1.82) is 0 Å². The smallest absolute Gasteiger partial charge is 0.255 e. The number of carbonyl (C=O) groups excluding carboxylic acids is 1. The van der Waals surface area contributed by atoms with Gasteiger partial charge in [-0.05, 0) is 45.4 Å². The van der Waals surface area contributed by atoms with E-state index >= 15 is 0 Å². The van der Waals surface area contributed by atoms with Gasteiger partial charge in [0.05, 0.1) is 11.6 Å². The Kier molecular flexibility index (Phi) is 6.30. The zero-order valence-electron chi connectivity index (χ0n) is 13.0. The predicted octanol–water partition coefficient (Wildman–Crippen LogP) is 2.49. The molecule has 0 atom stereocenters. The third-order valence-electron chi connectivity index (χ3n) is 2.55. The van der Waals surface area contributed by atoms with Crippen LogP contribution in [-0.2, 0) is 11.3 Å². The molecule has 0 radical (unpaired) electrons. The van der Waals surface area contributed by atoms with Gasteiger partial charge in [-0.2, -0.15) is 0 Å². The zero-order chi connectivity index (χ0) is 16.0. The first-order valence-electron chi connectivity index (χ1n) is 6.84. The number of carbonyl (C=O) groups is 1. The first kappa shape index (κ1) is 17.6. The average molecular weight is 315 g/mol. The summed E-state index contributed by atoms with van der Waals surface area (Å²) in [5, 5.41) is 3.77. The third-order valence-corrected chi connectivity index (χ3v) is 2.83. The molecule has 118 valence electrons. The molecule has 0 aliphatic rings. The van der Waals surface area contributed by atoms with E-state index in [4.69, 9.17) is 26.8 Å². The maximum absolute atomic E-state index is 10.8. The van der Waals surface area contributed by atoms with Gasteiger partial charge in [0, 0.05) is 12.1 Å². The van der Waals surface area contributed by atoms with Crippen LogP contribution in [0.5, 0.6) is 11.5 Å². The summed E-state index contributed by atoms with van der Waals surface area (Å²) in [6, 6.07) is 3.64. The molecule has 0 fully saturated rings. The van der Waals surface area contributed by atoms with E-state index in [1.165, 1.54) is 0 Å². The van der Waals surface area contributed by atoms with E-state index < -0.39 is 5.91 Å². The number of amides is 1. The second-order valence-electron chi connectivity index (χ2n) is 5.70. The molecular weight excluding hydrogens is 292 g/mol. The topological polar surface area (TPSA) is 73.6 Å². The van der Waals surface area contributed by atoms with Crippen LogP contribution in [0, 0.1) is 0 Å². The van der Waals surface area contributed by atoms with Gasteiger partial charge in [-0.25, -0.2) is 0 Å². The number of primary amides is 1. The Morgan fingerprint density at radius 2 is 2.00 bits per heavy atom. The number of nitrogens with two attached hydrogens (primary N) is 1. The van der Waals surface area contributed by atoms with Crippen LogP contribution in [0.3, 0.4) is 0 Å². The summed E-state index contributed by atoms with van der Waals surface area (Å²) >= 11 is 6.22. The van der Waals surface area contributed by atoms with Crippen molar-refractivity contribution in [2.45, 2.75) is 39.8 Å². The molecule has 0 bridgehead atoms. The SMILES string of the molecule is CCOc1cc(CNC(C)(C)C)cc(Cl)c1OCC(N)=O. The molecular formula is C15H23ClN2O3. The lowest BCUT2D eigenvalue weighted by Gasteiger charge is -2.21. The van der Waals surface area contributed by atoms with Crippen LogP contribution < -0.4 is 20.5 Å². The Morgan fingerprint density at radius 3 is 2.52 bits per heavy atom. The highest BCUT2D eigenvalue weighted by molar-refractivity contribution is 6.32. The highest BCUT2D eigenvalue weighted by atomic mass is 35.5. The van der Waals surface area contributed by atoms with Crippen LogP contribution in [0.4, 0.5) is 0 Å². The van der Waals surface area contributed by atoms with E-state index in [0.717, 1.165) is 5.56 Å². The van der Waals surface area contributed by atoms with Crippen molar-refractivity contribution < 1.29 is 14.3 Å². The fourth-order valence-electron chi connectivity index (χ4n) is 1.64. The molecule has 1 amide bonds. The van der Waals surface area contributed by atoms with Gasteiger partial charge in [0.2, 0.25) is 0 Å². The maximum atomic E-state index is 10.8. The molecule has 3 N–H and O–H groups in total. The monoisotopic (exact) mass is 314 g/mol.